The molecule has 0 aliphatic carbocycles. The maximum Gasteiger partial charge on any atom is 0.197 e. The van der Waals surface area contributed by atoms with Crippen LogP contribution in [0.5, 0.6) is 0 Å². The van der Waals surface area contributed by atoms with E-state index in [2.05, 4.69) is 13.6 Å². The topological polar surface area (TPSA) is 30.0 Å². The van der Waals surface area contributed by atoms with Crippen molar-refractivity contribution < 1.29 is 4.79 Å². The van der Waals surface area contributed by atoms with Gasteiger partial charge in [-0.1, -0.05) is 9.24 Å². The van der Waals surface area contributed by atoms with Gasteiger partial charge in [0.1, 0.15) is 5.69 Å². The molecule has 42 valence electrons. The molecule has 0 bridgehead atoms. The zero-order valence-corrected chi connectivity index (χ0v) is 5.97. The van der Waals surface area contributed by atoms with Crippen LogP contribution in [0.15, 0.2) is 11.4 Å². The Bertz CT molecular complexity index is 184. The molecule has 0 spiro atoms. The van der Waals surface area contributed by atoms with Gasteiger partial charge in [0.05, 0.1) is 0 Å². The molecule has 1 aromatic rings. The Balaban J connectivity index is 2.93. The van der Waals surface area contributed by atoms with Gasteiger partial charge in [0, 0.05) is 5.38 Å². The predicted molar refractivity (Wildman–Crippen MR) is 36.2 cm³/mol. The third-order valence-corrected chi connectivity index (χ3v) is 1.55. The Labute approximate surface area is 53.3 Å². The van der Waals surface area contributed by atoms with Gasteiger partial charge in [-0.25, -0.2) is 0 Å². The predicted octanol–water partition coefficient (Wildman–Crippen LogP) is 1.16. The number of hydrogen-bond donors (Lipinski definition) is 0. The lowest BCUT2D eigenvalue weighted by Crippen LogP contribution is -1.83. The highest BCUT2D eigenvalue weighted by atomic mass is 32.1. The molecule has 1 unspecified atom stereocenters. The molecule has 2 nitrogen and oxygen atoms in total. The second-order valence-corrected chi connectivity index (χ2v) is 2.44. The number of rotatable bonds is 1. The van der Waals surface area contributed by atoms with E-state index >= 15 is 0 Å². The summed E-state index contributed by atoms with van der Waals surface area (Å²) in [6.45, 7) is 0. The van der Waals surface area contributed by atoms with Crippen molar-refractivity contribution in [1.29, 1.82) is 0 Å². The Kier molecular flexibility index (Phi) is 1.71. The number of carbonyl (C=O) groups excluding carboxylic acids is 1. The second kappa shape index (κ2) is 2.33. The summed E-state index contributed by atoms with van der Waals surface area (Å²) < 4.78 is 3.79. The first-order valence-corrected chi connectivity index (χ1v) is 3.42. The van der Waals surface area contributed by atoms with Crippen molar-refractivity contribution >= 4 is 26.3 Å². The van der Waals surface area contributed by atoms with Crippen molar-refractivity contribution in [3.05, 3.63) is 17.1 Å². The average molecular weight is 145 g/mol. The van der Waals surface area contributed by atoms with E-state index in [0.717, 1.165) is 0 Å². The van der Waals surface area contributed by atoms with E-state index in [0.29, 0.717) is 5.69 Å². The average Bonchev–Trinajstić information content (AvgIpc) is 2.12. The Morgan fingerprint density at radius 3 is 2.88 bits per heavy atom. The molecule has 0 saturated heterocycles. The number of hydrogen-bond acceptors (Lipinski definition) is 3. The lowest BCUT2D eigenvalue weighted by atomic mass is 10.5. The van der Waals surface area contributed by atoms with Crippen LogP contribution >= 0.6 is 20.8 Å². The van der Waals surface area contributed by atoms with E-state index in [1.54, 1.807) is 11.4 Å². The molecular weight excluding hydrogens is 141 g/mol. The zero-order valence-electron chi connectivity index (χ0n) is 4.00. The summed E-state index contributed by atoms with van der Waals surface area (Å²) >= 11 is 1.28. The first-order valence-electron chi connectivity index (χ1n) is 2.01. The second-order valence-electron chi connectivity index (χ2n) is 1.25. The van der Waals surface area contributed by atoms with Gasteiger partial charge in [-0.05, 0) is 17.6 Å². The van der Waals surface area contributed by atoms with Crippen LogP contribution in [0.25, 0.3) is 0 Å². The molecule has 0 amide bonds. The van der Waals surface area contributed by atoms with Crippen LogP contribution in [0.4, 0.5) is 0 Å². The maximum absolute atomic E-state index is 10.4. The SMILES string of the molecule is O=C(P)c1ccsn1. The van der Waals surface area contributed by atoms with Crippen molar-refractivity contribution in [3.63, 3.8) is 0 Å². The molecule has 4 heteroatoms. The third-order valence-electron chi connectivity index (χ3n) is 0.690. The van der Waals surface area contributed by atoms with Gasteiger partial charge in [-0.15, -0.1) is 0 Å². The summed E-state index contributed by atoms with van der Waals surface area (Å²) in [5.74, 6) is 0. The van der Waals surface area contributed by atoms with Gasteiger partial charge in [-0.2, -0.15) is 4.37 Å². The molecular formula is C4H4NOPS. The molecule has 0 aliphatic heterocycles. The summed E-state index contributed by atoms with van der Waals surface area (Å²) in [6, 6.07) is 1.69. The van der Waals surface area contributed by atoms with Gasteiger partial charge in [-0.3, -0.25) is 4.79 Å². The first-order chi connectivity index (χ1) is 3.80. The van der Waals surface area contributed by atoms with Gasteiger partial charge >= 0.3 is 0 Å². The molecule has 8 heavy (non-hydrogen) atoms. The van der Waals surface area contributed by atoms with Crippen molar-refractivity contribution in [2.75, 3.05) is 0 Å². The fourth-order valence-electron chi connectivity index (χ4n) is 0.340. The maximum atomic E-state index is 10.4. The fraction of sp³-hybridized carbons (Fsp3) is 0. The zero-order chi connectivity index (χ0) is 5.98. The molecule has 0 radical (unpaired) electrons. The monoisotopic (exact) mass is 145 g/mol. The van der Waals surface area contributed by atoms with Crippen LogP contribution in [-0.2, 0) is 0 Å². The highest BCUT2D eigenvalue weighted by Crippen LogP contribution is 2.03. The van der Waals surface area contributed by atoms with E-state index in [9.17, 15) is 4.79 Å². The Morgan fingerprint density at radius 1 is 1.88 bits per heavy atom. The van der Waals surface area contributed by atoms with Crippen LogP contribution < -0.4 is 0 Å². The van der Waals surface area contributed by atoms with Crippen molar-refractivity contribution in [2.24, 2.45) is 0 Å². The molecule has 1 heterocycles. The van der Waals surface area contributed by atoms with Crippen molar-refractivity contribution in [1.82, 2.24) is 4.37 Å². The molecule has 0 aromatic carbocycles. The van der Waals surface area contributed by atoms with Gasteiger partial charge < -0.3 is 0 Å². The summed E-state index contributed by atoms with van der Waals surface area (Å²) in [5.41, 5.74) is 0.478. The molecule has 0 aliphatic rings. The lowest BCUT2D eigenvalue weighted by Gasteiger charge is -1.77. The van der Waals surface area contributed by atoms with Crippen LogP contribution in [0.2, 0.25) is 0 Å². The number of aromatic nitrogens is 1. The van der Waals surface area contributed by atoms with Crippen LogP contribution in [0.1, 0.15) is 10.5 Å². The molecule has 1 aromatic heterocycles. The minimum atomic E-state index is -0.0498. The van der Waals surface area contributed by atoms with E-state index < -0.39 is 0 Å². The van der Waals surface area contributed by atoms with Crippen molar-refractivity contribution in [3.8, 4) is 0 Å². The summed E-state index contributed by atoms with van der Waals surface area (Å²) in [5, 5.41) is 1.78. The smallest absolute Gasteiger partial charge is 0.197 e. The van der Waals surface area contributed by atoms with Gasteiger partial charge in [0.2, 0.25) is 0 Å². The normalized spacial score (nSPS) is 9.12. The molecule has 0 fully saturated rings. The van der Waals surface area contributed by atoms with Crippen LogP contribution in [-0.4, -0.2) is 9.90 Å². The summed E-state index contributed by atoms with van der Waals surface area (Å²) in [6.07, 6.45) is 0. The molecule has 0 N–H and O–H groups in total. The highest BCUT2D eigenvalue weighted by Gasteiger charge is 1.97. The quantitative estimate of drug-likeness (QED) is 0.555. The first kappa shape index (κ1) is 5.86. The highest BCUT2D eigenvalue weighted by molar-refractivity contribution is 7.41. The standard InChI is InChI=1S/C4H4NOPS/c6-4(7)3-1-2-8-5-3/h1-2H,7H2. The van der Waals surface area contributed by atoms with E-state index in [-0.39, 0.29) is 5.52 Å². The van der Waals surface area contributed by atoms with E-state index in [1.165, 1.54) is 11.5 Å². The molecule has 0 saturated carbocycles. The third kappa shape index (κ3) is 1.11. The Morgan fingerprint density at radius 2 is 2.62 bits per heavy atom. The number of carbonyl (C=O) groups is 1. The van der Waals surface area contributed by atoms with Gasteiger partial charge in [0.15, 0.2) is 5.52 Å². The lowest BCUT2D eigenvalue weighted by molar-refractivity contribution is 0.108. The summed E-state index contributed by atoms with van der Waals surface area (Å²) in [4.78, 5) is 10.4. The van der Waals surface area contributed by atoms with Crippen LogP contribution in [0.3, 0.4) is 0 Å². The molecule has 1 atom stereocenters. The van der Waals surface area contributed by atoms with E-state index in [1.807, 2.05) is 0 Å². The fourth-order valence-corrected chi connectivity index (χ4v) is 1.11. The number of nitrogens with zero attached hydrogens (tertiary/aromatic N) is 1. The molecule has 1 rings (SSSR count). The summed E-state index contributed by atoms with van der Waals surface area (Å²) in [7, 11) is 2.07. The Hall–Kier alpha value is -0.270. The minimum Gasteiger partial charge on any atom is -0.288 e. The van der Waals surface area contributed by atoms with Crippen LogP contribution in [0, 0.1) is 0 Å². The van der Waals surface area contributed by atoms with Crippen molar-refractivity contribution in [2.45, 2.75) is 0 Å². The van der Waals surface area contributed by atoms with E-state index in [4.69, 9.17) is 0 Å². The minimum absolute atomic E-state index is 0.0498. The van der Waals surface area contributed by atoms with Gasteiger partial charge in [0.25, 0.3) is 0 Å². The largest absolute Gasteiger partial charge is 0.288 e.